The van der Waals surface area contributed by atoms with Crippen LogP contribution in [0.1, 0.15) is 0 Å². The van der Waals surface area contributed by atoms with Crippen LogP contribution in [0.15, 0.2) is 40.4 Å². The van der Waals surface area contributed by atoms with Crippen molar-refractivity contribution in [2.75, 3.05) is 6.61 Å². The molecule has 6 heteroatoms. The van der Waals surface area contributed by atoms with Crippen LogP contribution in [0.5, 0.6) is 11.5 Å². The molecule has 0 saturated carbocycles. The molecule has 84 valence electrons. The van der Waals surface area contributed by atoms with Crippen LogP contribution < -0.4 is 4.74 Å². The van der Waals surface area contributed by atoms with Crippen LogP contribution in [0.3, 0.4) is 0 Å². The van der Waals surface area contributed by atoms with Crippen molar-refractivity contribution in [3.63, 3.8) is 0 Å². The first-order valence-corrected chi connectivity index (χ1v) is 6.02. The predicted octanol–water partition coefficient (Wildman–Crippen LogP) is 1.07. The van der Waals surface area contributed by atoms with Crippen molar-refractivity contribution >= 4 is 15.4 Å². The summed E-state index contributed by atoms with van der Waals surface area (Å²) in [5, 5.41) is 9.17. The molecule has 1 N–H and O–H groups in total. The molecular weight excluding hydrogens is 230 g/mol. The van der Waals surface area contributed by atoms with Crippen molar-refractivity contribution < 1.29 is 18.3 Å². The van der Waals surface area contributed by atoms with E-state index >= 15 is 0 Å². The molecule has 0 atom stereocenters. The van der Waals surface area contributed by atoms with E-state index in [-0.39, 0.29) is 17.3 Å². The summed E-state index contributed by atoms with van der Waals surface area (Å²) < 4.78 is 27.8. The summed E-state index contributed by atoms with van der Waals surface area (Å²) in [4.78, 5) is 3.65. The zero-order chi connectivity index (χ0) is 11.6. The van der Waals surface area contributed by atoms with Crippen molar-refractivity contribution in [1.29, 1.82) is 0 Å². The second-order valence-electron chi connectivity index (χ2n) is 3.18. The molecule has 0 aliphatic carbocycles. The Balaban J connectivity index is 2.04. The molecule has 1 aromatic rings. The highest BCUT2D eigenvalue weighted by atomic mass is 32.2. The number of aliphatic imine (C=N–C) groups is 1. The second kappa shape index (κ2) is 3.97. The van der Waals surface area contributed by atoms with Crippen LogP contribution >= 0.6 is 0 Å². The van der Waals surface area contributed by atoms with Crippen molar-refractivity contribution in [3.8, 4) is 11.5 Å². The summed E-state index contributed by atoms with van der Waals surface area (Å²) >= 11 is 0. The van der Waals surface area contributed by atoms with E-state index in [9.17, 15) is 13.5 Å². The highest BCUT2D eigenvalue weighted by Crippen LogP contribution is 2.20. The van der Waals surface area contributed by atoms with Gasteiger partial charge in [0.1, 0.15) is 28.6 Å². The molecule has 0 amide bonds. The van der Waals surface area contributed by atoms with E-state index < -0.39 is 9.84 Å². The first kappa shape index (κ1) is 10.7. The monoisotopic (exact) mass is 239 g/mol. The maximum absolute atomic E-state index is 11.3. The van der Waals surface area contributed by atoms with Gasteiger partial charge in [0.05, 0.1) is 0 Å². The number of ether oxygens (including phenoxy) is 1. The summed E-state index contributed by atoms with van der Waals surface area (Å²) in [7, 11) is -3.39. The molecule has 0 radical (unpaired) electrons. The number of sulfone groups is 1. The third-order valence-electron chi connectivity index (χ3n) is 1.98. The molecule has 1 heterocycles. The highest BCUT2D eigenvalue weighted by molar-refractivity contribution is 8.08. The van der Waals surface area contributed by atoms with Gasteiger partial charge in [-0.25, -0.2) is 8.42 Å². The van der Waals surface area contributed by atoms with Gasteiger partial charge in [-0.3, -0.25) is 4.99 Å². The van der Waals surface area contributed by atoms with Gasteiger partial charge in [-0.1, -0.05) is 6.07 Å². The molecule has 0 saturated heterocycles. The lowest BCUT2D eigenvalue weighted by atomic mass is 10.3. The maximum atomic E-state index is 11.3. The Kier molecular flexibility index (Phi) is 2.66. The smallest absolute Gasteiger partial charge is 0.217 e. The normalized spacial score (nSPS) is 17.1. The lowest BCUT2D eigenvalue weighted by Crippen LogP contribution is -2.09. The number of rotatable bonds is 3. The third kappa shape index (κ3) is 2.22. The van der Waals surface area contributed by atoms with Crippen molar-refractivity contribution in [1.82, 2.24) is 0 Å². The third-order valence-corrected chi connectivity index (χ3v) is 3.34. The van der Waals surface area contributed by atoms with Crippen molar-refractivity contribution in [3.05, 3.63) is 35.4 Å². The molecule has 1 aliphatic heterocycles. The Morgan fingerprint density at radius 3 is 2.81 bits per heavy atom. The topological polar surface area (TPSA) is 76.0 Å². The summed E-state index contributed by atoms with van der Waals surface area (Å²) in [5.74, 6) is 0.472. The zero-order valence-corrected chi connectivity index (χ0v) is 9.02. The van der Waals surface area contributed by atoms with Crippen molar-refractivity contribution in [2.24, 2.45) is 4.99 Å². The lowest BCUT2D eigenvalue weighted by molar-refractivity contribution is 0.355. The van der Waals surface area contributed by atoms with Crippen LogP contribution in [-0.2, 0) is 9.84 Å². The fourth-order valence-electron chi connectivity index (χ4n) is 1.18. The van der Waals surface area contributed by atoms with Crippen LogP contribution in [0, 0.1) is 0 Å². The Morgan fingerprint density at radius 2 is 2.19 bits per heavy atom. The molecular formula is C10H9NO4S. The summed E-state index contributed by atoms with van der Waals surface area (Å²) in [6.07, 6.45) is 1.25. The minimum atomic E-state index is -3.39. The second-order valence-corrected chi connectivity index (χ2v) is 5.01. The van der Waals surface area contributed by atoms with E-state index in [1.54, 1.807) is 12.1 Å². The summed E-state index contributed by atoms with van der Waals surface area (Å²) in [6, 6.07) is 6.14. The molecule has 0 fully saturated rings. The Hall–Kier alpha value is -1.82. The number of hydrogen-bond donors (Lipinski definition) is 1. The van der Waals surface area contributed by atoms with Gasteiger partial charge in [-0.2, -0.15) is 0 Å². The van der Waals surface area contributed by atoms with Crippen LogP contribution in [-0.4, -0.2) is 25.7 Å². The van der Waals surface area contributed by atoms with Gasteiger partial charge in [0.25, 0.3) is 0 Å². The molecule has 0 aromatic heterocycles. The van der Waals surface area contributed by atoms with Gasteiger partial charge in [-0.15, -0.1) is 0 Å². The minimum Gasteiger partial charge on any atom is -0.508 e. The van der Waals surface area contributed by atoms with E-state index in [0.717, 1.165) is 5.55 Å². The Bertz CT molecular complexity index is 560. The molecule has 2 rings (SSSR count). The van der Waals surface area contributed by atoms with Crippen LogP contribution in [0.4, 0.5) is 0 Å². The van der Waals surface area contributed by atoms with Gasteiger partial charge in [0.2, 0.25) is 9.84 Å². The quantitative estimate of drug-likeness (QED) is 0.856. The van der Waals surface area contributed by atoms with Crippen LogP contribution in [0.2, 0.25) is 0 Å². The van der Waals surface area contributed by atoms with Gasteiger partial charge in [0, 0.05) is 12.3 Å². The first-order chi connectivity index (χ1) is 7.58. The average Bonchev–Trinajstić information content (AvgIpc) is 2.55. The van der Waals surface area contributed by atoms with Gasteiger partial charge < -0.3 is 9.84 Å². The molecule has 0 bridgehead atoms. The van der Waals surface area contributed by atoms with Gasteiger partial charge in [-0.05, 0) is 12.1 Å². The van der Waals surface area contributed by atoms with E-state index in [4.69, 9.17) is 4.74 Å². The summed E-state index contributed by atoms with van der Waals surface area (Å²) in [6.45, 7) is -0.0915. The molecule has 1 aliphatic rings. The number of phenols is 1. The standard InChI is InChI=1S/C10H9NO4S/c12-8-2-1-3-9(4-8)15-6-10-5-11-7-16(10,13)14/h1-5,7,12H,6H2. The molecule has 16 heavy (non-hydrogen) atoms. The van der Waals surface area contributed by atoms with E-state index in [1.165, 1.54) is 18.3 Å². The number of phenolic OH excluding ortho intramolecular Hbond substituents is 1. The Morgan fingerprint density at radius 1 is 1.38 bits per heavy atom. The highest BCUT2D eigenvalue weighted by Gasteiger charge is 2.19. The number of benzene rings is 1. The number of nitrogens with zero attached hydrogens (tertiary/aromatic N) is 1. The van der Waals surface area contributed by atoms with Gasteiger partial charge in [0.15, 0.2) is 0 Å². The molecule has 0 spiro atoms. The average molecular weight is 239 g/mol. The SMILES string of the molecule is O=S1(=O)C=NC=C1COc1cccc(O)c1. The number of aromatic hydroxyl groups is 1. The molecule has 1 aromatic carbocycles. The fraction of sp³-hybridized carbons (Fsp3) is 0.100. The maximum Gasteiger partial charge on any atom is 0.217 e. The van der Waals surface area contributed by atoms with Crippen molar-refractivity contribution in [2.45, 2.75) is 0 Å². The lowest BCUT2D eigenvalue weighted by Gasteiger charge is -2.06. The zero-order valence-electron chi connectivity index (χ0n) is 8.20. The molecule has 0 unspecified atom stereocenters. The Labute approximate surface area is 92.6 Å². The van der Waals surface area contributed by atoms with E-state index in [1.807, 2.05) is 0 Å². The van der Waals surface area contributed by atoms with Crippen LogP contribution in [0.25, 0.3) is 0 Å². The summed E-state index contributed by atoms with van der Waals surface area (Å²) in [5.41, 5.74) is 0.883. The van der Waals surface area contributed by atoms with E-state index in [0.29, 0.717) is 5.75 Å². The fourth-order valence-corrected chi connectivity index (χ4v) is 1.97. The van der Waals surface area contributed by atoms with E-state index in [2.05, 4.69) is 4.99 Å². The van der Waals surface area contributed by atoms with Gasteiger partial charge >= 0.3 is 0 Å². The minimum absolute atomic E-state index is 0.0667. The molecule has 5 nitrogen and oxygen atoms in total. The first-order valence-electron chi connectivity index (χ1n) is 4.47. The number of hydrogen-bond acceptors (Lipinski definition) is 5. The largest absolute Gasteiger partial charge is 0.508 e. The predicted molar refractivity (Wildman–Crippen MR) is 59.1 cm³/mol.